The van der Waals surface area contributed by atoms with Crippen molar-refractivity contribution in [1.29, 1.82) is 10.5 Å². The van der Waals surface area contributed by atoms with Crippen LogP contribution in [0.15, 0.2) is 53.0 Å². The first-order valence-electron chi connectivity index (χ1n) is 6.86. The molecule has 0 amide bonds. The maximum Gasteiger partial charge on any atom is 0.269 e. The van der Waals surface area contributed by atoms with Crippen molar-refractivity contribution >= 4 is 21.6 Å². The van der Waals surface area contributed by atoms with Crippen molar-refractivity contribution in [1.82, 2.24) is 0 Å². The number of rotatable bonds is 3. The Kier molecular flexibility index (Phi) is 3.63. The van der Waals surface area contributed by atoms with Gasteiger partial charge in [0.2, 0.25) is 0 Å². The fourth-order valence-corrected chi connectivity index (χ4v) is 3.52. The zero-order valence-electron chi connectivity index (χ0n) is 11.8. The van der Waals surface area contributed by atoms with Crippen LogP contribution in [0, 0.1) is 38.2 Å². The molecule has 5 nitrogen and oxygen atoms in total. The Bertz CT molecular complexity index is 851. The predicted octanol–water partition coefficient (Wildman–Crippen LogP) is 4.27. The summed E-state index contributed by atoms with van der Waals surface area (Å²) in [7, 11) is 0. The van der Waals surface area contributed by atoms with Gasteiger partial charge in [0.05, 0.1) is 17.1 Å². The fraction of sp³-hybridized carbons (Fsp3) is 0.176. The van der Waals surface area contributed by atoms with Gasteiger partial charge in [-0.15, -0.1) is 0 Å². The van der Waals surface area contributed by atoms with Crippen LogP contribution in [0.2, 0.25) is 0 Å². The van der Waals surface area contributed by atoms with Gasteiger partial charge in [0.1, 0.15) is 0 Å². The average Bonchev–Trinajstić information content (AvgIpc) is 3.24. The summed E-state index contributed by atoms with van der Waals surface area (Å²) in [5, 5.41) is 29.8. The molecule has 23 heavy (non-hydrogen) atoms. The molecule has 1 aliphatic carbocycles. The highest BCUT2D eigenvalue weighted by Gasteiger charge is 2.67. The summed E-state index contributed by atoms with van der Waals surface area (Å²) in [4.78, 5) is 10.3. The Morgan fingerprint density at radius 1 is 1.04 bits per heavy atom. The molecule has 0 radical (unpaired) electrons. The number of nitro benzene ring substituents is 1. The van der Waals surface area contributed by atoms with Crippen molar-refractivity contribution in [3.05, 3.63) is 74.2 Å². The Morgan fingerprint density at radius 2 is 1.65 bits per heavy atom. The minimum absolute atomic E-state index is 0.00655. The molecular weight excluding hydrogens is 358 g/mol. The maximum absolute atomic E-state index is 10.8. The second kappa shape index (κ2) is 5.49. The van der Waals surface area contributed by atoms with Crippen LogP contribution in [0.4, 0.5) is 5.69 Å². The van der Waals surface area contributed by atoms with Crippen LogP contribution in [0.25, 0.3) is 0 Å². The van der Waals surface area contributed by atoms with E-state index in [1.54, 1.807) is 12.1 Å². The molecule has 0 saturated heterocycles. The van der Waals surface area contributed by atoms with Gasteiger partial charge < -0.3 is 0 Å². The van der Waals surface area contributed by atoms with Gasteiger partial charge >= 0.3 is 0 Å². The highest BCUT2D eigenvalue weighted by molar-refractivity contribution is 9.10. The highest BCUT2D eigenvalue weighted by Crippen LogP contribution is 2.69. The Balaban J connectivity index is 2.02. The lowest BCUT2D eigenvalue weighted by atomic mass is 10.0. The summed E-state index contributed by atoms with van der Waals surface area (Å²) in [5.74, 6) is -0.524. The van der Waals surface area contributed by atoms with Gasteiger partial charge in [0.15, 0.2) is 5.41 Å². The van der Waals surface area contributed by atoms with Crippen LogP contribution < -0.4 is 0 Å². The standard InChI is InChI=1S/C17H10BrN3O2/c18-13-3-1-2-12(8-13)16-15(17(16,9-19)10-20)11-4-6-14(7-5-11)21(22)23/h1-8,15-16H/t15-,16+/m1/s1. The normalized spacial score (nSPS) is 21.0. The van der Waals surface area contributed by atoms with Gasteiger partial charge in [-0.3, -0.25) is 10.1 Å². The van der Waals surface area contributed by atoms with E-state index in [9.17, 15) is 20.6 Å². The SMILES string of the molecule is N#CC1(C#N)[C@H](c2ccc([N+](=O)[O-])cc2)[C@@H]1c1cccc(Br)c1. The van der Waals surface area contributed by atoms with Crippen LogP contribution in [-0.2, 0) is 0 Å². The van der Waals surface area contributed by atoms with Crippen molar-refractivity contribution in [3.63, 3.8) is 0 Å². The van der Waals surface area contributed by atoms with Crippen LogP contribution >= 0.6 is 15.9 Å². The largest absolute Gasteiger partial charge is 0.269 e. The van der Waals surface area contributed by atoms with E-state index >= 15 is 0 Å². The van der Waals surface area contributed by atoms with Crippen molar-refractivity contribution in [3.8, 4) is 12.1 Å². The van der Waals surface area contributed by atoms with Gasteiger partial charge in [-0.1, -0.05) is 40.2 Å². The second-order valence-corrected chi connectivity index (χ2v) is 6.37. The molecular formula is C17H10BrN3O2. The summed E-state index contributed by atoms with van der Waals surface area (Å²) in [6, 6.07) is 17.9. The van der Waals surface area contributed by atoms with Gasteiger partial charge in [-0.25, -0.2) is 0 Å². The molecule has 2 aromatic carbocycles. The molecule has 1 saturated carbocycles. The quantitative estimate of drug-likeness (QED) is 0.598. The van der Waals surface area contributed by atoms with E-state index < -0.39 is 10.3 Å². The first kappa shape index (κ1) is 15.2. The number of non-ortho nitro benzene ring substituents is 1. The molecule has 6 heteroatoms. The Labute approximate surface area is 141 Å². The van der Waals surface area contributed by atoms with Gasteiger partial charge in [0.25, 0.3) is 5.69 Å². The van der Waals surface area contributed by atoms with E-state index in [0.29, 0.717) is 0 Å². The number of benzene rings is 2. The lowest BCUT2D eigenvalue weighted by molar-refractivity contribution is -0.384. The number of hydrogen-bond acceptors (Lipinski definition) is 4. The molecule has 0 unspecified atom stereocenters. The summed E-state index contributed by atoms with van der Waals surface area (Å²) in [5.41, 5.74) is 0.541. The third-order valence-electron chi connectivity index (χ3n) is 4.25. The minimum atomic E-state index is -1.13. The molecule has 2 atom stereocenters. The molecule has 0 aliphatic heterocycles. The first-order valence-corrected chi connectivity index (χ1v) is 7.65. The van der Waals surface area contributed by atoms with E-state index in [1.165, 1.54) is 12.1 Å². The van der Waals surface area contributed by atoms with E-state index in [4.69, 9.17) is 0 Å². The highest BCUT2D eigenvalue weighted by atomic mass is 79.9. The molecule has 0 heterocycles. The molecule has 3 rings (SSSR count). The lowest BCUT2D eigenvalue weighted by Gasteiger charge is -2.01. The van der Waals surface area contributed by atoms with Crippen LogP contribution in [0.5, 0.6) is 0 Å². The zero-order chi connectivity index (χ0) is 16.6. The van der Waals surface area contributed by atoms with Crippen LogP contribution in [0.3, 0.4) is 0 Å². The topological polar surface area (TPSA) is 90.7 Å². The first-order chi connectivity index (χ1) is 11.0. The molecule has 0 N–H and O–H groups in total. The zero-order valence-corrected chi connectivity index (χ0v) is 13.4. The Morgan fingerprint density at radius 3 is 2.17 bits per heavy atom. The van der Waals surface area contributed by atoms with Crippen molar-refractivity contribution in [2.45, 2.75) is 11.8 Å². The lowest BCUT2D eigenvalue weighted by Crippen LogP contribution is -1.97. The van der Waals surface area contributed by atoms with E-state index in [-0.39, 0.29) is 17.5 Å². The molecule has 0 bridgehead atoms. The Hall–Kier alpha value is -2.70. The summed E-state index contributed by atoms with van der Waals surface area (Å²) in [6.45, 7) is 0. The average molecular weight is 368 g/mol. The number of nitro groups is 1. The smallest absolute Gasteiger partial charge is 0.258 e. The molecule has 0 spiro atoms. The van der Waals surface area contributed by atoms with Crippen molar-refractivity contribution in [2.75, 3.05) is 0 Å². The predicted molar refractivity (Wildman–Crippen MR) is 86.4 cm³/mol. The molecule has 2 aromatic rings. The molecule has 112 valence electrons. The summed E-state index contributed by atoms with van der Waals surface area (Å²) < 4.78 is 0.883. The monoisotopic (exact) mass is 367 g/mol. The summed E-state index contributed by atoms with van der Waals surface area (Å²) >= 11 is 3.40. The van der Waals surface area contributed by atoms with Crippen molar-refractivity contribution < 1.29 is 4.92 Å². The molecule has 1 fully saturated rings. The van der Waals surface area contributed by atoms with Crippen LogP contribution in [-0.4, -0.2) is 4.92 Å². The van der Waals surface area contributed by atoms with E-state index in [2.05, 4.69) is 28.1 Å². The number of hydrogen-bond donors (Lipinski definition) is 0. The van der Waals surface area contributed by atoms with Gasteiger partial charge in [0, 0.05) is 28.4 Å². The van der Waals surface area contributed by atoms with Gasteiger partial charge in [-0.2, -0.15) is 10.5 Å². The van der Waals surface area contributed by atoms with Crippen molar-refractivity contribution in [2.24, 2.45) is 5.41 Å². The molecule has 0 aromatic heterocycles. The molecule has 1 aliphatic rings. The number of nitriles is 2. The number of nitrogens with zero attached hydrogens (tertiary/aromatic N) is 3. The van der Waals surface area contributed by atoms with E-state index in [1.807, 2.05) is 24.3 Å². The van der Waals surface area contributed by atoms with Gasteiger partial charge in [-0.05, 0) is 23.3 Å². The maximum atomic E-state index is 10.8. The number of halogens is 1. The fourth-order valence-electron chi connectivity index (χ4n) is 3.11. The second-order valence-electron chi connectivity index (χ2n) is 5.45. The van der Waals surface area contributed by atoms with E-state index in [0.717, 1.165) is 15.6 Å². The minimum Gasteiger partial charge on any atom is -0.258 e. The summed E-state index contributed by atoms with van der Waals surface area (Å²) in [6.07, 6.45) is 0. The van der Waals surface area contributed by atoms with Crippen LogP contribution in [0.1, 0.15) is 23.0 Å². The third-order valence-corrected chi connectivity index (χ3v) is 4.74. The third kappa shape index (κ3) is 2.38.